The molecule has 106 valence electrons. The predicted molar refractivity (Wildman–Crippen MR) is 78.6 cm³/mol. The van der Waals surface area contributed by atoms with Crippen LogP contribution in [-0.2, 0) is 4.79 Å². The summed E-state index contributed by atoms with van der Waals surface area (Å²) in [5.74, 6) is -1.000. The third kappa shape index (κ3) is 2.97. The number of carboxylic acids is 1. The van der Waals surface area contributed by atoms with Gasteiger partial charge in [-0.05, 0) is 42.3 Å². The van der Waals surface area contributed by atoms with Crippen molar-refractivity contribution in [3.8, 4) is 11.1 Å². The molecular weight excluding hydrogens is 270 g/mol. The molecule has 0 heterocycles. The van der Waals surface area contributed by atoms with Crippen LogP contribution in [0.15, 0.2) is 36.4 Å². The van der Waals surface area contributed by atoms with Crippen LogP contribution >= 0.6 is 0 Å². The molecule has 0 atom stereocenters. The van der Waals surface area contributed by atoms with E-state index in [-0.39, 0.29) is 5.56 Å². The Morgan fingerprint density at radius 3 is 2.33 bits per heavy atom. The van der Waals surface area contributed by atoms with Crippen molar-refractivity contribution < 1.29 is 19.5 Å². The van der Waals surface area contributed by atoms with Gasteiger partial charge in [0.25, 0.3) is 0 Å². The van der Waals surface area contributed by atoms with Crippen LogP contribution in [0.2, 0.25) is 0 Å². The Kier molecular flexibility index (Phi) is 4.13. The molecule has 21 heavy (non-hydrogen) atoms. The van der Waals surface area contributed by atoms with Crippen molar-refractivity contribution in [1.29, 1.82) is 0 Å². The first-order valence-corrected chi connectivity index (χ1v) is 6.20. The van der Waals surface area contributed by atoms with Crippen LogP contribution in [-0.4, -0.2) is 23.8 Å². The van der Waals surface area contributed by atoms with Gasteiger partial charge in [-0.25, -0.2) is 4.79 Å². The number of hydrogen-bond donors (Lipinski definition) is 2. The zero-order chi connectivity index (χ0) is 15.4. The molecule has 2 rings (SSSR count). The normalized spacial score (nSPS) is 9.95. The van der Waals surface area contributed by atoms with Crippen LogP contribution in [0.25, 0.3) is 11.1 Å². The maximum absolute atomic E-state index is 11.0. The van der Waals surface area contributed by atoms with E-state index in [1.807, 2.05) is 0 Å². The van der Waals surface area contributed by atoms with Gasteiger partial charge < -0.3 is 10.4 Å². The lowest BCUT2D eigenvalue weighted by molar-refractivity contribution is -0.105. The number of aldehydes is 1. The Balaban J connectivity index is 2.55. The van der Waals surface area contributed by atoms with E-state index < -0.39 is 5.97 Å². The van der Waals surface area contributed by atoms with Gasteiger partial charge in [0.1, 0.15) is 6.29 Å². The smallest absolute Gasteiger partial charge is 0.335 e. The van der Waals surface area contributed by atoms with E-state index in [9.17, 15) is 14.4 Å². The molecule has 2 aromatic carbocycles. The summed E-state index contributed by atoms with van der Waals surface area (Å²) < 4.78 is 0. The lowest BCUT2D eigenvalue weighted by Gasteiger charge is -2.12. The Morgan fingerprint density at radius 1 is 1.14 bits per heavy atom. The fourth-order valence-electron chi connectivity index (χ4n) is 2.07. The molecule has 0 spiro atoms. The number of aryl methyl sites for hydroxylation is 1. The zero-order valence-electron chi connectivity index (χ0n) is 11.3. The molecule has 0 aliphatic carbocycles. The minimum atomic E-state index is -1.000. The molecular formula is C16H13NO4. The minimum absolute atomic E-state index is 0.185. The van der Waals surface area contributed by atoms with Gasteiger partial charge in [-0.15, -0.1) is 0 Å². The van der Waals surface area contributed by atoms with Gasteiger partial charge in [-0.2, -0.15) is 0 Å². The van der Waals surface area contributed by atoms with E-state index in [1.165, 1.54) is 12.1 Å². The molecule has 0 fully saturated rings. The summed E-state index contributed by atoms with van der Waals surface area (Å²) >= 11 is 0. The standard InChI is InChI=1S/C16H13NO4/c1-10-6-14(15(17-9-19)7-13(10)8-18)11-2-4-12(5-3-11)16(20)21/h2-9H,1H3,(H,17,19)(H,20,21). The Hall–Kier alpha value is -2.95. The SMILES string of the molecule is Cc1cc(-c2ccc(C(=O)O)cc2)c(NC=O)cc1C=O. The van der Waals surface area contributed by atoms with Gasteiger partial charge in [-0.1, -0.05) is 12.1 Å². The van der Waals surface area contributed by atoms with E-state index in [2.05, 4.69) is 5.32 Å². The molecule has 0 aliphatic heterocycles. The molecule has 0 radical (unpaired) electrons. The first-order chi connectivity index (χ1) is 10.1. The van der Waals surface area contributed by atoms with Crippen LogP contribution in [0, 0.1) is 6.92 Å². The summed E-state index contributed by atoms with van der Waals surface area (Å²) in [5.41, 5.74) is 3.43. The second-order valence-electron chi connectivity index (χ2n) is 4.52. The summed E-state index contributed by atoms with van der Waals surface area (Å²) in [6, 6.07) is 9.68. The van der Waals surface area contributed by atoms with E-state index in [1.54, 1.807) is 31.2 Å². The first-order valence-electron chi connectivity index (χ1n) is 6.20. The fourth-order valence-corrected chi connectivity index (χ4v) is 2.07. The van der Waals surface area contributed by atoms with Crippen molar-refractivity contribution in [3.05, 3.63) is 53.1 Å². The molecule has 0 unspecified atom stereocenters. The topological polar surface area (TPSA) is 83.5 Å². The van der Waals surface area contributed by atoms with Gasteiger partial charge in [0.05, 0.1) is 5.56 Å². The van der Waals surface area contributed by atoms with Crippen molar-refractivity contribution >= 4 is 24.4 Å². The van der Waals surface area contributed by atoms with Crippen LogP contribution in [0.5, 0.6) is 0 Å². The maximum atomic E-state index is 11.0. The van der Waals surface area contributed by atoms with Gasteiger partial charge in [0.2, 0.25) is 6.41 Å². The van der Waals surface area contributed by atoms with Crippen molar-refractivity contribution in [2.75, 3.05) is 5.32 Å². The molecule has 2 aromatic rings. The monoisotopic (exact) mass is 283 g/mol. The van der Waals surface area contributed by atoms with Crippen LogP contribution in [0.4, 0.5) is 5.69 Å². The molecule has 5 nitrogen and oxygen atoms in total. The average molecular weight is 283 g/mol. The highest BCUT2D eigenvalue weighted by Gasteiger charge is 2.10. The second kappa shape index (κ2) is 6.00. The molecule has 0 bridgehead atoms. The number of carbonyl (C=O) groups is 3. The Bertz CT molecular complexity index is 705. The largest absolute Gasteiger partial charge is 0.478 e. The number of hydrogen-bond acceptors (Lipinski definition) is 3. The van der Waals surface area contributed by atoms with Crippen LogP contribution in [0.3, 0.4) is 0 Å². The summed E-state index contributed by atoms with van der Waals surface area (Å²) in [6.07, 6.45) is 1.26. The van der Waals surface area contributed by atoms with Crippen LogP contribution in [0.1, 0.15) is 26.3 Å². The first kappa shape index (κ1) is 14.5. The number of aromatic carboxylic acids is 1. The number of rotatable bonds is 5. The summed E-state index contributed by atoms with van der Waals surface area (Å²) in [7, 11) is 0. The zero-order valence-corrected chi connectivity index (χ0v) is 11.3. The van der Waals surface area contributed by atoms with Crippen molar-refractivity contribution in [3.63, 3.8) is 0 Å². The molecule has 0 saturated heterocycles. The summed E-state index contributed by atoms with van der Waals surface area (Å²) in [4.78, 5) is 32.5. The van der Waals surface area contributed by atoms with Gasteiger partial charge in [-0.3, -0.25) is 9.59 Å². The quantitative estimate of drug-likeness (QED) is 0.826. The highest BCUT2D eigenvalue weighted by molar-refractivity contribution is 5.92. The minimum Gasteiger partial charge on any atom is -0.478 e. The third-order valence-electron chi connectivity index (χ3n) is 3.19. The average Bonchev–Trinajstić information content (AvgIpc) is 2.49. The van der Waals surface area contributed by atoms with Crippen LogP contribution < -0.4 is 5.32 Å². The molecule has 5 heteroatoms. The van der Waals surface area contributed by atoms with Gasteiger partial charge >= 0.3 is 5.97 Å². The molecule has 1 amide bonds. The maximum Gasteiger partial charge on any atom is 0.335 e. The van der Waals surface area contributed by atoms with Crippen molar-refractivity contribution in [1.82, 2.24) is 0 Å². The van der Waals surface area contributed by atoms with E-state index in [0.29, 0.717) is 17.7 Å². The Labute approximate surface area is 121 Å². The number of nitrogens with one attached hydrogen (secondary N) is 1. The number of benzene rings is 2. The van der Waals surface area contributed by atoms with E-state index in [4.69, 9.17) is 5.11 Å². The number of carboxylic acid groups (broad SMARTS) is 1. The predicted octanol–water partition coefficient (Wildman–Crippen LogP) is 2.74. The highest BCUT2D eigenvalue weighted by Crippen LogP contribution is 2.30. The summed E-state index contributed by atoms with van der Waals surface area (Å²) in [6.45, 7) is 1.80. The van der Waals surface area contributed by atoms with E-state index >= 15 is 0 Å². The fraction of sp³-hybridized carbons (Fsp3) is 0.0625. The molecule has 0 aromatic heterocycles. The van der Waals surface area contributed by atoms with Crippen molar-refractivity contribution in [2.45, 2.75) is 6.92 Å². The summed E-state index contributed by atoms with van der Waals surface area (Å²) in [5, 5.41) is 11.5. The van der Waals surface area contributed by atoms with Gasteiger partial charge in [0, 0.05) is 16.8 Å². The Morgan fingerprint density at radius 2 is 1.81 bits per heavy atom. The lowest BCUT2D eigenvalue weighted by atomic mass is 9.97. The number of carbonyl (C=O) groups excluding carboxylic acids is 2. The molecule has 0 saturated carbocycles. The molecule has 0 aliphatic rings. The number of amides is 1. The van der Waals surface area contributed by atoms with E-state index in [0.717, 1.165) is 23.0 Å². The molecule has 2 N–H and O–H groups in total. The highest BCUT2D eigenvalue weighted by atomic mass is 16.4. The third-order valence-corrected chi connectivity index (χ3v) is 3.19. The van der Waals surface area contributed by atoms with Gasteiger partial charge in [0.15, 0.2) is 0 Å². The van der Waals surface area contributed by atoms with Crippen molar-refractivity contribution in [2.24, 2.45) is 0 Å². The second-order valence-corrected chi connectivity index (χ2v) is 4.52. The number of anilines is 1. The lowest BCUT2D eigenvalue weighted by Crippen LogP contribution is -2.00.